The molecule has 11 heavy (non-hydrogen) atoms. The molecule has 0 spiro atoms. The summed E-state index contributed by atoms with van der Waals surface area (Å²) in [4.78, 5) is 0. The maximum atomic E-state index is 9.26. The van der Waals surface area contributed by atoms with Gasteiger partial charge in [0.15, 0.2) is 0 Å². The number of ether oxygens (including phenoxy) is 1. The Morgan fingerprint density at radius 2 is 2.27 bits per heavy atom. The summed E-state index contributed by atoms with van der Waals surface area (Å²) in [6.07, 6.45) is 0. The Labute approximate surface area is 74.7 Å². The molecule has 2 nitrogen and oxygen atoms in total. The van der Waals surface area contributed by atoms with Crippen molar-refractivity contribution in [3.05, 3.63) is 18.2 Å². The van der Waals surface area contributed by atoms with E-state index in [4.69, 9.17) is 4.74 Å². The summed E-state index contributed by atoms with van der Waals surface area (Å²) >= 11 is 1.41. The van der Waals surface area contributed by atoms with Crippen molar-refractivity contribution in [3.63, 3.8) is 0 Å². The summed E-state index contributed by atoms with van der Waals surface area (Å²) in [6, 6.07) is 5.36. The van der Waals surface area contributed by atoms with Crippen molar-refractivity contribution in [2.24, 2.45) is 0 Å². The third-order valence-electron chi connectivity index (χ3n) is 1.31. The van der Waals surface area contributed by atoms with Crippen LogP contribution in [0.4, 0.5) is 0 Å². The van der Waals surface area contributed by atoms with Gasteiger partial charge in [-0.3, -0.25) is 0 Å². The SMILES string of the molecule is CCOc1ccc([AsH2])c(O)c1. The zero-order valence-electron chi connectivity index (χ0n) is 6.37. The summed E-state index contributed by atoms with van der Waals surface area (Å²) in [6.45, 7) is 2.55. The van der Waals surface area contributed by atoms with Gasteiger partial charge in [-0.1, -0.05) is 0 Å². The number of rotatable bonds is 2. The third kappa shape index (κ3) is 2.16. The molecule has 0 aliphatic carbocycles. The zero-order valence-corrected chi connectivity index (χ0v) is 8.79. The number of phenols is 1. The van der Waals surface area contributed by atoms with E-state index in [2.05, 4.69) is 0 Å². The molecular weight excluding hydrogens is 203 g/mol. The van der Waals surface area contributed by atoms with E-state index in [0.29, 0.717) is 12.4 Å². The Bertz CT molecular complexity index is 248. The van der Waals surface area contributed by atoms with E-state index in [1.165, 1.54) is 16.9 Å². The fraction of sp³-hybridized carbons (Fsp3) is 0.250. The second-order valence-corrected chi connectivity index (χ2v) is 3.46. The molecule has 0 heterocycles. The second-order valence-electron chi connectivity index (χ2n) is 2.15. The van der Waals surface area contributed by atoms with Crippen LogP contribution in [-0.4, -0.2) is 28.6 Å². The molecule has 1 rings (SSSR count). The molecule has 1 N–H and O–H groups in total. The van der Waals surface area contributed by atoms with Crippen molar-refractivity contribution in [2.75, 3.05) is 6.61 Å². The van der Waals surface area contributed by atoms with E-state index < -0.39 is 0 Å². The molecule has 0 saturated heterocycles. The van der Waals surface area contributed by atoms with Crippen LogP contribution >= 0.6 is 0 Å². The van der Waals surface area contributed by atoms with Crippen LogP contribution in [0.5, 0.6) is 11.5 Å². The first-order valence-corrected chi connectivity index (χ1v) is 4.66. The Morgan fingerprint density at radius 1 is 1.55 bits per heavy atom. The molecule has 0 aromatic heterocycles. The fourth-order valence-corrected chi connectivity index (χ4v) is 1.16. The third-order valence-corrected chi connectivity index (χ3v) is 2.34. The van der Waals surface area contributed by atoms with Crippen LogP contribution in [-0.2, 0) is 0 Å². The van der Waals surface area contributed by atoms with Crippen molar-refractivity contribution in [2.45, 2.75) is 6.92 Å². The predicted octanol–water partition coefficient (Wildman–Crippen LogP) is 0.0493. The van der Waals surface area contributed by atoms with Crippen LogP contribution in [0.3, 0.4) is 0 Å². The topological polar surface area (TPSA) is 29.5 Å². The Morgan fingerprint density at radius 3 is 2.82 bits per heavy atom. The first-order valence-electron chi connectivity index (χ1n) is 3.45. The Balaban J connectivity index is 2.86. The van der Waals surface area contributed by atoms with Crippen LogP contribution in [0.25, 0.3) is 0 Å². The van der Waals surface area contributed by atoms with E-state index in [-0.39, 0.29) is 0 Å². The summed E-state index contributed by atoms with van der Waals surface area (Å²) in [5.74, 6) is 1.04. The van der Waals surface area contributed by atoms with E-state index in [9.17, 15) is 5.11 Å². The van der Waals surface area contributed by atoms with E-state index in [1.54, 1.807) is 6.07 Å². The van der Waals surface area contributed by atoms with Crippen molar-refractivity contribution in [1.82, 2.24) is 0 Å². The summed E-state index contributed by atoms with van der Waals surface area (Å²) < 4.78 is 6.12. The minimum absolute atomic E-state index is 0.316. The van der Waals surface area contributed by atoms with Gasteiger partial charge in [-0.2, -0.15) is 0 Å². The second kappa shape index (κ2) is 3.68. The molecule has 1 unspecified atom stereocenters. The molecule has 0 amide bonds. The number of aromatic hydroxyl groups is 1. The van der Waals surface area contributed by atoms with Gasteiger partial charge in [-0.15, -0.1) is 0 Å². The van der Waals surface area contributed by atoms with E-state index >= 15 is 0 Å². The normalized spacial score (nSPS) is 9.64. The van der Waals surface area contributed by atoms with Gasteiger partial charge in [0.25, 0.3) is 0 Å². The molecule has 60 valence electrons. The van der Waals surface area contributed by atoms with Gasteiger partial charge in [0.2, 0.25) is 0 Å². The number of hydrogen-bond donors (Lipinski definition) is 1. The molecule has 0 saturated carbocycles. The van der Waals surface area contributed by atoms with Gasteiger partial charge in [0.05, 0.1) is 0 Å². The van der Waals surface area contributed by atoms with Crippen molar-refractivity contribution in [1.29, 1.82) is 0 Å². The molecule has 0 aliphatic heterocycles. The quantitative estimate of drug-likeness (QED) is 0.705. The van der Waals surface area contributed by atoms with Crippen LogP contribution in [0, 0.1) is 0 Å². The zero-order chi connectivity index (χ0) is 8.27. The van der Waals surface area contributed by atoms with Gasteiger partial charge in [0.1, 0.15) is 0 Å². The first kappa shape index (κ1) is 8.47. The first-order chi connectivity index (χ1) is 5.24. The molecule has 3 heteroatoms. The Kier molecular flexibility index (Phi) is 2.83. The van der Waals surface area contributed by atoms with Gasteiger partial charge < -0.3 is 0 Å². The minimum atomic E-state index is 0.316. The summed E-state index contributed by atoms with van der Waals surface area (Å²) in [5, 5.41) is 9.26. The number of benzene rings is 1. The molecule has 0 radical (unpaired) electrons. The van der Waals surface area contributed by atoms with E-state index in [1.807, 2.05) is 19.1 Å². The van der Waals surface area contributed by atoms with Gasteiger partial charge in [0, 0.05) is 0 Å². The summed E-state index contributed by atoms with van der Waals surface area (Å²) in [7, 11) is 0. The van der Waals surface area contributed by atoms with Crippen molar-refractivity contribution >= 4 is 21.2 Å². The Hall–Kier alpha value is -0.622. The summed E-state index contributed by atoms with van der Waals surface area (Å²) in [5.41, 5.74) is 0. The van der Waals surface area contributed by atoms with Crippen LogP contribution < -0.4 is 9.09 Å². The molecular formula is C8H11AsO2. The van der Waals surface area contributed by atoms with Gasteiger partial charge >= 0.3 is 74.3 Å². The van der Waals surface area contributed by atoms with Crippen LogP contribution in [0.15, 0.2) is 18.2 Å². The van der Waals surface area contributed by atoms with Crippen LogP contribution in [0.2, 0.25) is 0 Å². The predicted molar refractivity (Wildman–Crippen MR) is 47.5 cm³/mol. The standard InChI is InChI=1S/C8H11AsO2/c1-2-11-6-3-4-7(9)8(10)5-6/h3-5,10H,2,9H2,1H3. The average molecular weight is 214 g/mol. The fourth-order valence-electron chi connectivity index (χ4n) is 0.780. The molecule has 0 bridgehead atoms. The average Bonchev–Trinajstić information content (AvgIpc) is 1.98. The molecule has 1 aromatic rings. The van der Waals surface area contributed by atoms with Crippen molar-refractivity contribution < 1.29 is 9.84 Å². The van der Waals surface area contributed by atoms with Crippen LogP contribution in [0.1, 0.15) is 6.92 Å². The monoisotopic (exact) mass is 214 g/mol. The molecule has 1 atom stereocenters. The van der Waals surface area contributed by atoms with Crippen molar-refractivity contribution in [3.8, 4) is 11.5 Å². The number of phenolic OH excluding ortho intramolecular Hbond substituents is 1. The maximum absolute atomic E-state index is 9.26. The van der Waals surface area contributed by atoms with E-state index in [0.717, 1.165) is 10.1 Å². The van der Waals surface area contributed by atoms with Gasteiger partial charge in [-0.25, -0.2) is 0 Å². The number of hydrogen-bond acceptors (Lipinski definition) is 2. The van der Waals surface area contributed by atoms with Gasteiger partial charge in [-0.05, 0) is 0 Å². The molecule has 1 aromatic carbocycles. The molecule has 0 aliphatic rings. The molecule has 0 fully saturated rings.